The molecule has 0 saturated carbocycles. The number of para-hydroxylation sites is 1. The molecule has 0 N–H and O–H groups in total. The van der Waals surface area contributed by atoms with Crippen LogP contribution >= 0.6 is 0 Å². The SMILES string of the molecule is COc1ccccc1B1OCc2cc(F)ccc21. The minimum atomic E-state index is -0.224. The quantitative estimate of drug-likeness (QED) is 0.742. The Balaban J connectivity index is 2.06. The van der Waals surface area contributed by atoms with Crippen LogP contribution < -0.4 is 15.7 Å². The lowest BCUT2D eigenvalue weighted by Gasteiger charge is -2.11. The summed E-state index contributed by atoms with van der Waals surface area (Å²) in [5, 5.41) is 0. The highest BCUT2D eigenvalue weighted by Crippen LogP contribution is 2.16. The van der Waals surface area contributed by atoms with E-state index in [0.29, 0.717) is 6.61 Å². The minimum absolute atomic E-state index is 0.170. The monoisotopic (exact) mass is 242 g/mol. The van der Waals surface area contributed by atoms with Gasteiger partial charge in [0.2, 0.25) is 0 Å². The molecule has 1 aliphatic rings. The van der Waals surface area contributed by atoms with Crippen LogP contribution in [-0.2, 0) is 11.3 Å². The number of benzene rings is 2. The summed E-state index contributed by atoms with van der Waals surface area (Å²) >= 11 is 0. The molecule has 2 nitrogen and oxygen atoms in total. The highest BCUT2D eigenvalue weighted by Gasteiger charge is 2.32. The number of hydrogen-bond donors (Lipinski definition) is 0. The van der Waals surface area contributed by atoms with Gasteiger partial charge in [-0.2, -0.15) is 0 Å². The molecule has 0 amide bonds. The van der Waals surface area contributed by atoms with Crippen LogP contribution in [0.1, 0.15) is 5.56 Å². The summed E-state index contributed by atoms with van der Waals surface area (Å²) in [5.74, 6) is 0.567. The van der Waals surface area contributed by atoms with Crippen LogP contribution in [0.4, 0.5) is 4.39 Å². The van der Waals surface area contributed by atoms with Crippen molar-refractivity contribution in [2.75, 3.05) is 7.11 Å². The van der Waals surface area contributed by atoms with Crippen LogP contribution in [0, 0.1) is 5.82 Å². The Morgan fingerprint density at radius 1 is 1.17 bits per heavy atom. The highest BCUT2D eigenvalue weighted by atomic mass is 19.1. The van der Waals surface area contributed by atoms with E-state index in [4.69, 9.17) is 9.39 Å². The molecule has 0 saturated heterocycles. The lowest BCUT2D eigenvalue weighted by atomic mass is 9.55. The van der Waals surface area contributed by atoms with Crippen LogP contribution in [0.5, 0.6) is 5.75 Å². The molecule has 90 valence electrons. The minimum Gasteiger partial charge on any atom is -0.497 e. The molecule has 0 fully saturated rings. The summed E-state index contributed by atoms with van der Waals surface area (Å²) in [5.41, 5.74) is 2.90. The molecule has 1 heterocycles. The van der Waals surface area contributed by atoms with E-state index in [-0.39, 0.29) is 12.7 Å². The van der Waals surface area contributed by atoms with Crippen molar-refractivity contribution in [1.82, 2.24) is 0 Å². The summed E-state index contributed by atoms with van der Waals surface area (Å²) in [4.78, 5) is 0. The van der Waals surface area contributed by atoms with E-state index < -0.39 is 0 Å². The fourth-order valence-electron chi connectivity index (χ4n) is 2.36. The van der Waals surface area contributed by atoms with Crippen LogP contribution in [0.15, 0.2) is 42.5 Å². The number of methoxy groups -OCH3 is 1. The molecule has 2 aromatic rings. The van der Waals surface area contributed by atoms with Crippen LogP contribution in [-0.4, -0.2) is 14.0 Å². The Labute approximate surface area is 105 Å². The molecule has 0 spiro atoms. The second-order valence-electron chi connectivity index (χ2n) is 4.28. The Morgan fingerprint density at radius 2 is 2.00 bits per heavy atom. The fourth-order valence-corrected chi connectivity index (χ4v) is 2.36. The van der Waals surface area contributed by atoms with Gasteiger partial charge in [0.1, 0.15) is 11.6 Å². The molecule has 0 radical (unpaired) electrons. The average molecular weight is 242 g/mol. The van der Waals surface area contributed by atoms with E-state index in [1.54, 1.807) is 13.2 Å². The zero-order chi connectivity index (χ0) is 12.5. The van der Waals surface area contributed by atoms with Crippen molar-refractivity contribution in [3.05, 3.63) is 53.8 Å². The third-order valence-electron chi connectivity index (χ3n) is 3.21. The third kappa shape index (κ3) is 1.79. The maximum atomic E-state index is 13.2. The third-order valence-corrected chi connectivity index (χ3v) is 3.21. The standard InChI is InChI=1S/C14H12BFO2/c1-17-14-5-3-2-4-13(14)15-12-7-6-11(16)8-10(12)9-18-15/h2-8H,9H2,1H3. The number of rotatable bonds is 2. The lowest BCUT2D eigenvalue weighted by molar-refractivity contribution is 0.335. The van der Waals surface area contributed by atoms with E-state index in [9.17, 15) is 4.39 Å². The number of halogens is 1. The van der Waals surface area contributed by atoms with Crippen molar-refractivity contribution in [2.24, 2.45) is 0 Å². The van der Waals surface area contributed by atoms with Crippen molar-refractivity contribution in [2.45, 2.75) is 6.61 Å². The van der Waals surface area contributed by atoms with Gasteiger partial charge >= 0.3 is 6.92 Å². The van der Waals surface area contributed by atoms with E-state index in [1.807, 2.05) is 24.3 Å². The van der Waals surface area contributed by atoms with Gasteiger partial charge in [-0.15, -0.1) is 0 Å². The summed E-state index contributed by atoms with van der Waals surface area (Å²) in [6.07, 6.45) is 0. The normalized spacial score (nSPS) is 13.6. The highest BCUT2D eigenvalue weighted by molar-refractivity contribution is 6.81. The molecule has 0 bridgehead atoms. The summed E-state index contributed by atoms with van der Waals surface area (Å²) in [6.45, 7) is 0.271. The zero-order valence-corrected chi connectivity index (χ0v) is 10.0. The molecular weight excluding hydrogens is 230 g/mol. The first-order valence-electron chi connectivity index (χ1n) is 5.82. The molecule has 3 rings (SSSR count). The van der Waals surface area contributed by atoms with E-state index in [0.717, 1.165) is 22.2 Å². The lowest BCUT2D eigenvalue weighted by Crippen LogP contribution is -2.41. The van der Waals surface area contributed by atoms with Crippen LogP contribution in [0.25, 0.3) is 0 Å². The zero-order valence-electron chi connectivity index (χ0n) is 10.0. The maximum absolute atomic E-state index is 13.2. The number of hydrogen-bond acceptors (Lipinski definition) is 2. The maximum Gasteiger partial charge on any atom is 0.366 e. The van der Waals surface area contributed by atoms with Crippen molar-refractivity contribution >= 4 is 17.8 Å². The van der Waals surface area contributed by atoms with Crippen LogP contribution in [0.3, 0.4) is 0 Å². The molecule has 18 heavy (non-hydrogen) atoms. The molecule has 0 aliphatic carbocycles. The first kappa shape index (κ1) is 11.3. The number of ether oxygens (including phenoxy) is 1. The topological polar surface area (TPSA) is 18.5 Å². The second kappa shape index (κ2) is 4.46. The molecule has 0 atom stereocenters. The van der Waals surface area contributed by atoms with Crippen molar-refractivity contribution in [3.8, 4) is 5.75 Å². The average Bonchev–Trinajstić information content (AvgIpc) is 2.81. The molecule has 0 unspecified atom stereocenters. The Kier molecular flexibility index (Phi) is 2.80. The smallest absolute Gasteiger partial charge is 0.366 e. The van der Waals surface area contributed by atoms with Gasteiger partial charge in [0.15, 0.2) is 0 Å². The Hall–Kier alpha value is -1.81. The van der Waals surface area contributed by atoms with Gasteiger partial charge in [-0.1, -0.05) is 24.3 Å². The van der Waals surface area contributed by atoms with Gasteiger partial charge in [-0.3, -0.25) is 0 Å². The Morgan fingerprint density at radius 3 is 2.83 bits per heavy atom. The first-order chi connectivity index (χ1) is 8.79. The Bertz CT molecular complexity index is 586. The van der Waals surface area contributed by atoms with Gasteiger partial charge in [0.25, 0.3) is 0 Å². The predicted molar refractivity (Wildman–Crippen MR) is 69.2 cm³/mol. The largest absolute Gasteiger partial charge is 0.497 e. The van der Waals surface area contributed by atoms with Gasteiger partial charge < -0.3 is 9.39 Å². The van der Waals surface area contributed by atoms with E-state index in [2.05, 4.69) is 0 Å². The summed E-state index contributed by atoms with van der Waals surface area (Å²) in [7, 11) is 1.64. The van der Waals surface area contributed by atoms with E-state index >= 15 is 0 Å². The van der Waals surface area contributed by atoms with Crippen molar-refractivity contribution < 1.29 is 13.8 Å². The summed E-state index contributed by atoms with van der Waals surface area (Å²) in [6, 6.07) is 12.5. The molecule has 1 aliphatic heterocycles. The molecule has 0 aromatic heterocycles. The van der Waals surface area contributed by atoms with Gasteiger partial charge in [0.05, 0.1) is 13.7 Å². The predicted octanol–water partition coefficient (Wildman–Crippen LogP) is 1.47. The summed E-state index contributed by atoms with van der Waals surface area (Å²) < 4.78 is 24.3. The molecular formula is C14H12BFO2. The van der Waals surface area contributed by atoms with Gasteiger partial charge in [-0.25, -0.2) is 4.39 Å². The first-order valence-corrected chi connectivity index (χ1v) is 5.82. The van der Waals surface area contributed by atoms with Crippen molar-refractivity contribution in [1.29, 1.82) is 0 Å². The molecule has 4 heteroatoms. The van der Waals surface area contributed by atoms with E-state index in [1.165, 1.54) is 12.1 Å². The van der Waals surface area contributed by atoms with Crippen molar-refractivity contribution in [3.63, 3.8) is 0 Å². The van der Waals surface area contributed by atoms with Gasteiger partial charge in [-0.05, 0) is 34.7 Å². The second-order valence-corrected chi connectivity index (χ2v) is 4.28. The molecule has 2 aromatic carbocycles. The fraction of sp³-hybridized carbons (Fsp3) is 0.143. The number of fused-ring (bicyclic) bond motifs is 1. The van der Waals surface area contributed by atoms with Gasteiger partial charge in [0, 0.05) is 0 Å². The van der Waals surface area contributed by atoms with Crippen LogP contribution in [0.2, 0.25) is 0 Å².